The van der Waals surface area contributed by atoms with Gasteiger partial charge in [0.1, 0.15) is 0 Å². The number of amides is 2. The van der Waals surface area contributed by atoms with Crippen LogP contribution in [0.5, 0.6) is 0 Å². The molecule has 2 amide bonds. The first-order valence-corrected chi connectivity index (χ1v) is 10.1. The molecule has 2 fully saturated rings. The van der Waals surface area contributed by atoms with Crippen LogP contribution in [0.4, 0.5) is 4.79 Å². The van der Waals surface area contributed by atoms with E-state index in [2.05, 4.69) is 24.1 Å². The van der Waals surface area contributed by atoms with Gasteiger partial charge in [-0.1, -0.05) is 23.7 Å². The highest BCUT2D eigenvalue weighted by Crippen LogP contribution is 2.33. The molecule has 2 N–H and O–H groups in total. The fourth-order valence-electron chi connectivity index (χ4n) is 4.13. The summed E-state index contributed by atoms with van der Waals surface area (Å²) < 4.78 is 0. The molecule has 6 heteroatoms. The molecular weight excluding hydrogens is 350 g/mol. The molecule has 0 saturated carbocycles. The van der Waals surface area contributed by atoms with E-state index in [1.54, 1.807) is 17.0 Å². The SMILES string of the molecule is CC(C)N1CCCC(CNC(=O)N2CC[C@@H](O)[C@H]2c2ccc(Cl)cc2)C1. The number of rotatable bonds is 4. The molecule has 0 aliphatic carbocycles. The first kappa shape index (κ1) is 19.5. The zero-order valence-electron chi connectivity index (χ0n) is 15.7. The van der Waals surface area contributed by atoms with Gasteiger partial charge in [-0.2, -0.15) is 0 Å². The molecular formula is C20H30ClN3O2. The van der Waals surface area contributed by atoms with E-state index in [4.69, 9.17) is 11.6 Å². The summed E-state index contributed by atoms with van der Waals surface area (Å²) >= 11 is 5.96. The normalized spacial score (nSPS) is 27.1. The van der Waals surface area contributed by atoms with E-state index in [9.17, 15) is 9.90 Å². The number of benzene rings is 1. The maximum absolute atomic E-state index is 12.8. The highest BCUT2D eigenvalue weighted by atomic mass is 35.5. The number of aliphatic hydroxyl groups is 1. The summed E-state index contributed by atoms with van der Waals surface area (Å²) in [5.41, 5.74) is 0.929. The molecule has 2 heterocycles. The lowest BCUT2D eigenvalue weighted by molar-refractivity contribution is 0.118. The van der Waals surface area contributed by atoms with Gasteiger partial charge < -0.3 is 20.2 Å². The number of nitrogens with one attached hydrogen (secondary N) is 1. The largest absolute Gasteiger partial charge is 0.391 e. The number of hydrogen-bond donors (Lipinski definition) is 2. The number of carbonyl (C=O) groups excluding carboxylic acids is 1. The number of piperidine rings is 1. The predicted molar refractivity (Wildman–Crippen MR) is 104 cm³/mol. The van der Waals surface area contributed by atoms with Crippen molar-refractivity contribution in [3.8, 4) is 0 Å². The third kappa shape index (κ3) is 4.51. The Bertz CT molecular complexity index is 608. The molecule has 2 aliphatic rings. The van der Waals surface area contributed by atoms with Crippen LogP contribution < -0.4 is 5.32 Å². The van der Waals surface area contributed by atoms with Gasteiger partial charge in [-0.15, -0.1) is 0 Å². The van der Waals surface area contributed by atoms with Gasteiger partial charge in [-0.3, -0.25) is 0 Å². The summed E-state index contributed by atoms with van der Waals surface area (Å²) in [6.07, 6.45) is 2.42. The Morgan fingerprint density at radius 3 is 2.69 bits per heavy atom. The van der Waals surface area contributed by atoms with Gasteiger partial charge in [0.25, 0.3) is 0 Å². The summed E-state index contributed by atoms with van der Waals surface area (Å²) in [5.74, 6) is 0.497. The number of aliphatic hydroxyl groups excluding tert-OH is 1. The standard InChI is InChI=1S/C20H30ClN3O2/c1-14(2)23-10-3-4-15(13-23)12-22-20(26)24-11-9-18(25)19(24)16-5-7-17(21)8-6-16/h5-8,14-15,18-19,25H,3-4,9-13H2,1-2H3,(H,22,26)/t15?,18-,19-/m1/s1. The van der Waals surface area contributed by atoms with Crippen LogP contribution in [0, 0.1) is 5.92 Å². The first-order chi connectivity index (χ1) is 12.5. The Labute approximate surface area is 161 Å². The molecule has 0 radical (unpaired) electrons. The van der Waals surface area contributed by atoms with E-state index in [1.807, 2.05) is 12.1 Å². The van der Waals surface area contributed by atoms with Gasteiger partial charge in [0.15, 0.2) is 0 Å². The van der Waals surface area contributed by atoms with Crippen LogP contribution in [0.1, 0.15) is 44.7 Å². The van der Waals surface area contributed by atoms with E-state index in [0.29, 0.717) is 36.5 Å². The lowest BCUT2D eigenvalue weighted by Crippen LogP contribution is -2.46. The van der Waals surface area contributed by atoms with E-state index >= 15 is 0 Å². The topological polar surface area (TPSA) is 55.8 Å². The molecule has 26 heavy (non-hydrogen) atoms. The van der Waals surface area contributed by atoms with Crippen LogP contribution in [0.2, 0.25) is 5.02 Å². The van der Waals surface area contributed by atoms with Gasteiger partial charge in [-0.05, 0) is 63.3 Å². The maximum Gasteiger partial charge on any atom is 0.318 e. The fourth-order valence-corrected chi connectivity index (χ4v) is 4.26. The van der Waals surface area contributed by atoms with Crippen molar-refractivity contribution < 1.29 is 9.90 Å². The van der Waals surface area contributed by atoms with E-state index in [0.717, 1.165) is 25.1 Å². The van der Waals surface area contributed by atoms with E-state index in [1.165, 1.54) is 6.42 Å². The van der Waals surface area contributed by atoms with Crippen molar-refractivity contribution in [2.45, 2.75) is 51.3 Å². The minimum atomic E-state index is -0.534. The Morgan fingerprint density at radius 2 is 2.00 bits per heavy atom. The monoisotopic (exact) mass is 379 g/mol. The molecule has 1 aromatic rings. The smallest absolute Gasteiger partial charge is 0.318 e. The third-order valence-electron chi connectivity index (χ3n) is 5.66. The van der Waals surface area contributed by atoms with Crippen LogP contribution in [-0.2, 0) is 0 Å². The van der Waals surface area contributed by atoms with Gasteiger partial charge in [0.05, 0.1) is 12.1 Å². The van der Waals surface area contributed by atoms with Crippen molar-refractivity contribution >= 4 is 17.6 Å². The van der Waals surface area contributed by atoms with Crippen molar-refractivity contribution in [3.05, 3.63) is 34.9 Å². The number of urea groups is 1. The third-order valence-corrected chi connectivity index (χ3v) is 5.91. The Hall–Kier alpha value is -1.30. The van der Waals surface area contributed by atoms with Crippen molar-refractivity contribution in [1.82, 2.24) is 15.1 Å². The second kappa shape index (κ2) is 8.59. The lowest BCUT2D eigenvalue weighted by atomic mass is 9.97. The molecule has 3 atom stereocenters. The van der Waals surface area contributed by atoms with Crippen molar-refractivity contribution in [2.75, 3.05) is 26.2 Å². The van der Waals surface area contributed by atoms with Crippen LogP contribution in [0.25, 0.3) is 0 Å². The van der Waals surface area contributed by atoms with Crippen LogP contribution in [-0.4, -0.2) is 59.3 Å². The molecule has 0 aromatic heterocycles. The number of carbonyl (C=O) groups is 1. The summed E-state index contributed by atoms with van der Waals surface area (Å²) in [7, 11) is 0. The predicted octanol–water partition coefficient (Wildman–Crippen LogP) is 3.28. The molecule has 1 aromatic carbocycles. The highest BCUT2D eigenvalue weighted by Gasteiger charge is 2.37. The van der Waals surface area contributed by atoms with E-state index in [-0.39, 0.29) is 12.1 Å². The Kier molecular flexibility index (Phi) is 6.43. The van der Waals surface area contributed by atoms with E-state index < -0.39 is 6.10 Å². The number of nitrogens with zero attached hydrogens (tertiary/aromatic N) is 2. The average molecular weight is 380 g/mol. The summed E-state index contributed by atoms with van der Waals surface area (Å²) in [5, 5.41) is 14.1. The van der Waals surface area contributed by atoms with Gasteiger partial charge >= 0.3 is 6.03 Å². The summed E-state index contributed by atoms with van der Waals surface area (Å²) in [6, 6.07) is 7.57. The molecule has 0 spiro atoms. The Balaban J connectivity index is 1.59. The first-order valence-electron chi connectivity index (χ1n) is 9.67. The number of halogens is 1. The summed E-state index contributed by atoms with van der Waals surface area (Å²) in [6.45, 7) is 7.91. The van der Waals surface area contributed by atoms with Crippen molar-refractivity contribution in [3.63, 3.8) is 0 Å². The molecule has 2 saturated heterocycles. The molecule has 5 nitrogen and oxygen atoms in total. The molecule has 2 aliphatic heterocycles. The summed E-state index contributed by atoms with van der Waals surface area (Å²) in [4.78, 5) is 17.0. The molecule has 3 rings (SSSR count). The molecule has 0 bridgehead atoms. The van der Waals surface area contributed by atoms with Crippen LogP contribution in [0.15, 0.2) is 24.3 Å². The second-order valence-electron chi connectivity index (χ2n) is 7.83. The zero-order valence-corrected chi connectivity index (χ0v) is 16.5. The van der Waals surface area contributed by atoms with Crippen molar-refractivity contribution in [1.29, 1.82) is 0 Å². The minimum absolute atomic E-state index is 0.0804. The van der Waals surface area contributed by atoms with Gasteiger partial charge in [0.2, 0.25) is 0 Å². The minimum Gasteiger partial charge on any atom is -0.391 e. The van der Waals surface area contributed by atoms with Crippen LogP contribution in [0.3, 0.4) is 0 Å². The Morgan fingerprint density at radius 1 is 1.27 bits per heavy atom. The van der Waals surface area contributed by atoms with Gasteiger partial charge in [0, 0.05) is 30.7 Å². The average Bonchev–Trinajstić information content (AvgIpc) is 3.02. The number of likely N-dealkylation sites (tertiary alicyclic amines) is 2. The quantitative estimate of drug-likeness (QED) is 0.844. The molecule has 144 valence electrons. The maximum atomic E-state index is 12.8. The lowest BCUT2D eigenvalue weighted by Gasteiger charge is -2.36. The highest BCUT2D eigenvalue weighted by molar-refractivity contribution is 6.30. The van der Waals surface area contributed by atoms with Gasteiger partial charge in [-0.25, -0.2) is 4.79 Å². The number of hydrogen-bond acceptors (Lipinski definition) is 3. The fraction of sp³-hybridized carbons (Fsp3) is 0.650. The van der Waals surface area contributed by atoms with Crippen LogP contribution >= 0.6 is 11.6 Å². The van der Waals surface area contributed by atoms with Crippen molar-refractivity contribution in [2.24, 2.45) is 5.92 Å². The second-order valence-corrected chi connectivity index (χ2v) is 8.27. The molecule has 1 unspecified atom stereocenters. The zero-order chi connectivity index (χ0) is 18.7.